The first-order chi connectivity index (χ1) is 7.46. The van der Waals surface area contributed by atoms with Crippen molar-refractivity contribution in [1.29, 1.82) is 0 Å². The minimum atomic E-state index is -0.500. The molecule has 0 fully saturated rings. The maximum absolute atomic E-state index is 11.7. The molecule has 0 amide bonds. The Morgan fingerprint density at radius 2 is 2.19 bits per heavy atom. The van der Waals surface area contributed by atoms with Crippen molar-refractivity contribution >= 4 is 17.0 Å². The second kappa shape index (κ2) is 3.59. The van der Waals surface area contributed by atoms with Gasteiger partial charge in [0.15, 0.2) is 0 Å². The highest BCUT2D eigenvalue weighted by Gasteiger charge is 2.19. The summed E-state index contributed by atoms with van der Waals surface area (Å²) in [7, 11) is 0. The number of carbonyl (C=O) groups is 1. The van der Waals surface area contributed by atoms with E-state index in [0.717, 1.165) is 5.52 Å². The number of hydrogen-bond acceptors (Lipinski definition) is 4. The van der Waals surface area contributed by atoms with Crippen LogP contribution in [0.25, 0.3) is 11.0 Å². The first kappa shape index (κ1) is 10.6. The Morgan fingerprint density at radius 1 is 1.44 bits per heavy atom. The molecule has 0 atom stereocenters. The number of aromatic amines is 1. The van der Waals surface area contributed by atoms with Crippen LogP contribution < -0.4 is 0 Å². The van der Waals surface area contributed by atoms with Crippen molar-refractivity contribution in [3.05, 3.63) is 24.3 Å². The summed E-state index contributed by atoms with van der Waals surface area (Å²) in [6.45, 7) is 5.48. The van der Waals surface area contributed by atoms with Crippen molar-refractivity contribution < 1.29 is 9.53 Å². The van der Waals surface area contributed by atoms with E-state index in [-0.39, 0.29) is 5.97 Å². The number of esters is 1. The number of H-pyrrole nitrogens is 1. The predicted molar refractivity (Wildman–Crippen MR) is 59.1 cm³/mol. The fourth-order valence-electron chi connectivity index (χ4n) is 1.31. The molecule has 0 aliphatic carbocycles. The van der Waals surface area contributed by atoms with Crippen LogP contribution in [0.3, 0.4) is 0 Å². The molecular formula is C11H13N3O2. The summed E-state index contributed by atoms with van der Waals surface area (Å²) in [4.78, 5) is 22.5. The van der Waals surface area contributed by atoms with E-state index < -0.39 is 5.60 Å². The number of aromatic nitrogens is 3. The van der Waals surface area contributed by atoms with Gasteiger partial charge in [0.1, 0.15) is 17.6 Å². The van der Waals surface area contributed by atoms with Gasteiger partial charge in [0.25, 0.3) is 0 Å². The van der Waals surface area contributed by atoms with Crippen molar-refractivity contribution in [2.24, 2.45) is 0 Å². The van der Waals surface area contributed by atoms with Gasteiger partial charge in [-0.2, -0.15) is 0 Å². The van der Waals surface area contributed by atoms with Gasteiger partial charge in [-0.05, 0) is 26.8 Å². The predicted octanol–water partition coefficient (Wildman–Crippen LogP) is 1.91. The molecule has 0 radical (unpaired) electrons. The van der Waals surface area contributed by atoms with Crippen LogP contribution in [-0.2, 0) is 4.74 Å². The van der Waals surface area contributed by atoms with E-state index in [2.05, 4.69) is 15.0 Å². The van der Waals surface area contributed by atoms with Crippen LogP contribution in [0.5, 0.6) is 0 Å². The van der Waals surface area contributed by atoms with Gasteiger partial charge in [0.2, 0.25) is 0 Å². The maximum Gasteiger partial charge on any atom is 0.355 e. The third-order valence-corrected chi connectivity index (χ3v) is 1.91. The van der Waals surface area contributed by atoms with Crippen LogP contribution in [0.2, 0.25) is 0 Å². The summed E-state index contributed by atoms with van der Waals surface area (Å²) >= 11 is 0. The molecule has 2 rings (SSSR count). The van der Waals surface area contributed by atoms with Crippen LogP contribution >= 0.6 is 0 Å². The molecular weight excluding hydrogens is 206 g/mol. The summed E-state index contributed by atoms with van der Waals surface area (Å²) < 4.78 is 5.23. The third kappa shape index (κ3) is 2.18. The lowest BCUT2D eigenvalue weighted by atomic mass is 10.2. The van der Waals surface area contributed by atoms with Crippen molar-refractivity contribution in [2.45, 2.75) is 26.4 Å². The zero-order valence-corrected chi connectivity index (χ0v) is 9.44. The van der Waals surface area contributed by atoms with Crippen LogP contribution in [0.1, 0.15) is 31.3 Å². The summed E-state index contributed by atoms with van der Waals surface area (Å²) in [5.74, 6) is -0.384. The summed E-state index contributed by atoms with van der Waals surface area (Å²) in [5, 5.41) is 0. The van der Waals surface area contributed by atoms with Crippen molar-refractivity contribution in [2.75, 3.05) is 0 Å². The fraction of sp³-hybridized carbons (Fsp3) is 0.364. The molecule has 0 bridgehead atoms. The highest BCUT2D eigenvalue weighted by atomic mass is 16.6. The molecule has 0 saturated carbocycles. The average Bonchev–Trinajstić information content (AvgIpc) is 2.58. The number of hydrogen-bond donors (Lipinski definition) is 1. The molecule has 0 aromatic carbocycles. The molecule has 0 unspecified atom stereocenters. The van der Waals surface area contributed by atoms with E-state index >= 15 is 0 Å². The zero-order chi connectivity index (χ0) is 11.8. The molecule has 84 valence electrons. The largest absolute Gasteiger partial charge is 0.455 e. The first-order valence-corrected chi connectivity index (χ1v) is 4.98. The van der Waals surface area contributed by atoms with Crippen LogP contribution in [0, 0.1) is 0 Å². The van der Waals surface area contributed by atoms with Gasteiger partial charge >= 0.3 is 5.97 Å². The molecule has 2 heterocycles. The summed E-state index contributed by atoms with van der Waals surface area (Å²) in [5.41, 5.74) is 1.32. The van der Waals surface area contributed by atoms with E-state index in [1.54, 1.807) is 12.3 Å². The molecule has 16 heavy (non-hydrogen) atoms. The first-order valence-electron chi connectivity index (χ1n) is 4.98. The van der Waals surface area contributed by atoms with Gasteiger partial charge in [-0.3, -0.25) is 0 Å². The Balaban J connectivity index is 2.30. The normalized spacial score (nSPS) is 11.7. The number of carbonyl (C=O) groups excluding carboxylic acids is 1. The van der Waals surface area contributed by atoms with Crippen LogP contribution in [0.4, 0.5) is 0 Å². The van der Waals surface area contributed by atoms with Gasteiger partial charge in [0.05, 0.1) is 17.2 Å². The van der Waals surface area contributed by atoms with Crippen molar-refractivity contribution in [1.82, 2.24) is 15.0 Å². The van der Waals surface area contributed by atoms with E-state index in [4.69, 9.17) is 4.74 Å². The molecule has 2 aromatic heterocycles. The molecule has 0 saturated heterocycles. The van der Waals surface area contributed by atoms with Crippen molar-refractivity contribution in [3.8, 4) is 0 Å². The Bertz CT molecular complexity index is 492. The van der Waals surface area contributed by atoms with E-state index in [1.807, 2.05) is 20.8 Å². The summed E-state index contributed by atoms with van der Waals surface area (Å²) in [6, 6.07) is 1.66. The Labute approximate surface area is 92.9 Å². The molecule has 1 N–H and O–H groups in total. The Morgan fingerprint density at radius 3 is 2.81 bits per heavy atom. The molecule has 5 heteroatoms. The lowest BCUT2D eigenvalue weighted by Crippen LogP contribution is -2.24. The van der Waals surface area contributed by atoms with Gasteiger partial charge in [0, 0.05) is 0 Å². The zero-order valence-electron chi connectivity index (χ0n) is 9.44. The molecule has 0 aliphatic rings. The number of rotatable bonds is 1. The lowest BCUT2D eigenvalue weighted by Gasteiger charge is -2.18. The highest BCUT2D eigenvalue weighted by molar-refractivity contribution is 5.93. The van der Waals surface area contributed by atoms with Gasteiger partial charge in [-0.25, -0.2) is 14.8 Å². The molecule has 0 spiro atoms. The van der Waals surface area contributed by atoms with Gasteiger partial charge in [-0.15, -0.1) is 0 Å². The van der Waals surface area contributed by atoms with Gasteiger partial charge in [-0.1, -0.05) is 0 Å². The fourth-order valence-corrected chi connectivity index (χ4v) is 1.31. The second-order valence-electron chi connectivity index (χ2n) is 4.51. The van der Waals surface area contributed by atoms with Gasteiger partial charge < -0.3 is 9.72 Å². The van der Waals surface area contributed by atoms with E-state index in [0.29, 0.717) is 11.2 Å². The van der Waals surface area contributed by atoms with Crippen LogP contribution in [0.15, 0.2) is 18.6 Å². The third-order valence-electron chi connectivity index (χ3n) is 1.91. The maximum atomic E-state index is 11.7. The number of ether oxygens (including phenoxy) is 1. The Kier molecular flexibility index (Phi) is 2.38. The average molecular weight is 219 g/mol. The standard InChI is InChI=1S/C11H13N3O2/c1-11(2,3)16-10(15)8-4-7-9(14-8)5-12-6-13-7/h4-6,14H,1-3H3. The van der Waals surface area contributed by atoms with Crippen LogP contribution in [-0.4, -0.2) is 26.5 Å². The molecule has 5 nitrogen and oxygen atoms in total. The van der Waals surface area contributed by atoms with E-state index in [9.17, 15) is 4.79 Å². The smallest absolute Gasteiger partial charge is 0.355 e. The SMILES string of the molecule is CC(C)(C)OC(=O)c1cc2ncncc2[nH]1. The lowest BCUT2D eigenvalue weighted by molar-refractivity contribution is 0.00639. The quantitative estimate of drug-likeness (QED) is 0.744. The Hall–Kier alpha value is -1.91. The van der Waals surface area contributed by atoms with E-state index in [1.165, 1.54) is 6.33 Å². The summed E-state index contributed by atoms with van der Waals surface area (Å²) in [6.07, 6.45) is 3.06. The van der Waals surface area contributed by atoms with Crippen molar-refractivity contribution in [3.63, 3.8) is 0 Å². The minimum Gasteiger partial charge on any atom is -0.455 e. The number of fused-ring (bicyclic) bond motifs is 1. The topological polar surface area (TPSA) is 67.9 Å². The minimum absolute atomic E-state index is 0.384. The number of nitrogens with zero attached hydrogens (tertiary/aromatic N) is 2. The molecule has 2 aromatic rings. The number of nitrogens with one attached hydrogen (secondary N) is 1. The monoisotopic (exact) mass is 219 g/mol. The second-order valence-corrected chi connectivity index (χ2v) is 4.51. The molecule has 0 aliphatic heterocycles. The highest BCUT2D eigenvalue weighted by Crippen LogP contribution is 2.15.